The fourth-order valence-corrected chi connectivity index (χ4v) is 0.864. The van der Waals surface area contributed by atoms with Gasteiger partial charge in [0.25, 0.3) is 0 Å². The second-order valence-electron chi connectivity index (χ2n) is 2.67. The molecule has 1 amide bonds. The summed E-state index contributed by atoms with van der Waals surface area (Å²) in [4.78, 5) is 11.2. The zero-order chi connectivity index (χ0) is 9.56. The van der Waals surface area contributed by atoms with Crippen LogP contribution in [0.15, 0.2) is 0 Å². The Hall–Kier alpha value is -0.770. The van der Waals surface area contributed by atoms with Crippen LogP contribution in [0.4, 0.5) is 4.79 Å². The molecule has 0 heterocycles. The van der Waals surface area contributed by atoms with E-state index in [-0.39, 0.29) is 6.09 Å². The van der Waals surface area contributed by atoms with Crippen LogP contribution in [0.3, 0.4) is 0 Å². The summed E-state index contributed by atoms with van der Waals surface area (Å²) in [5, 5.41) is 3.31. The van der Waals surface area contributed by atoms with Gasteiger partial charge >= 0.3 is 6.09 Å². The summed E-state index contributed by atoms with van der Waals surface area (Å²) >= 11 is 0. The van der Waals surface area contributed by atoms with Gasteiger partial charge in [-0.1, -0.05) is 6.92 Å². The fourth-order valence-electron chi connectivity index (χ4n) is 0.864. The van der Waals surface area contributed by atoms with Gasteiger partial charge in [-0.05, 0) is 13.3 Å². The Morgan fingerprint density at radius 1 is 1.33 bits per heavy atom. The maximum absolute atomic E-state index is 11.2. The lowest BCUT2D eigenvalue weighted by atomic mass is 10.5. The molecule has 0 aromatic rings. The van der Waals surface area contributed by atoms with E-state index >= 15 is 0 Å². The fraction of sp³-hybridized carbons (Fsp3) is 0.875. The standard InChI is InChI=1S/C8H18N2O2/c1-5-7-10(9(3)4)8(11)12-6-2/h5-7H2,1-4H3. The van der Waals surface area contributed by atoms with E-state index in [1.54, 1.807) is 16.9 Å². The molecule has 0 spiro atoms. The van der Waals surface area contributed by atoms with Gasteiger partial charge in [0.1, 0.15) is 0 Å². The predicted molar refractivity (Wildman–Crippen MR) is 47.7 cm³/mol. The lowest BCUT2D eigenvalue weighted by molar-refractivity contribution is 0.0138. The van der Waals surface area contributed by atoms with E-state index in [2.05, 4.69) is 0 Å². The van der Waals surface area contributed by atoms with Crippen molar-refractivity contribution in [3.05, 3.63) is 0 Å². The number of carbonyl (C=O) groups excluding carboxylic acids is 1. The summed E-state index contributed by atoms with van der Waals surface area (Å²) in [6.45, 7) is 4.95. The largest absolute Gasteiger partial charge is 0.449 e. The maximum Gasteiger partial charge on any atom is 0.424 e. The third-order valence-electron chi connectivity index (χ3n) is 1.40. The van der Waals surface area contributed by atoms with Crippen LogP contribution in [0.5, 0.6) is 0 Å². The minimum atomic E-state index is -0.274. The first-order chi connectivity index (χ1) is 5.63. The molecule has 0 aliphatic carbocycles. The average Bonchev–Trinajstić information content (AvgIpc) is 1.99. The average molecular weight is 174 g/mol. The molecule has 0 aliphatic heterocycles. The molecule has 0 fully saturated rings. The summed E-state index contributed by atoms with van der Waals surface area (Å²) < 4.78 is 4.86. The Morgan fingerprint density at radius 3 is 2.25 bits per heavy atom. The molecule has 4 nitrogen and oxygen atoms in total. The third-order valence-corrected chi connectivity index (χ3v) is 1.40. The van der Waals surface area contributed by atoms with Crippen LogP contribution in [-0.2, 0) is 4.74 Å². The topological polar surface area (TPSA) is 32.8 Å². The van der Waals surface area contributed by atoms with Crippen LogP contribution < -0.4 is 0 Å². The first-order valence-electron chi connectivity index (χ1n) is 4.25. The Kier molecular flexibility index (Phi) is 5.45. The molecule has 0 saturated heterocycles. The molecule has 0 aliphatic rings. The summed E-state index contributed by atoms with van der Waals surface area (Å²) in [5.74, 6) is 0. The van der Waals surface area contributed by atoms with Crippen LogP contribution in [0.25, 0.3) is 0 Å². The van der Waals surface area contributed by atoms with Gasteiger partial charge < -0.3 is 4.74 Å². The number of hydrogen-bond donors (Lipinski definition) is 0. The molecule has 0 rings (SSSR count). The first-order valence-corrected chi connectivity index (χ1v) is 4.25. The summed E-state index contributed by atoms with van der Waals surface area (Å²) in [7, 11) is 3.65. The van der Waals surface area contributed by atoms with Gasteiger partial charge in [-0.3, -0.25) is 0 Å². The van der Waals surface area contributed by atoms with E-state index in [0.717, 1.165) is 6.42 Å². The highest BCUT2D eigenvalue weighted by molar-refractivity contribution is 5.66. The number of hydrazine groups is 1. The van der Waals surface area contributed by atoms with E-state index in [9.17, 15) is 4.79 Å². The molecule has 0 unspecified atom stereocenters. The third kappa shape index (κ3) is 3.57. The van der Waals surface area contributed by atoms with Gasteiger partial charge in [0, 0.05) is 20.6 Å². The van der Waals surface area contributed by atoms with Crippen molar-refractivity contribution in [2.45, 2.75) is 20.3 Å². The first kappa shape index (κ1) is 11.2. The second kappa shape index (κ2) is 5.83. The van der Waals surface area contributed by atoms with Gasteiger partial charge in [-0.2, -0.15) is 0 Å². The smallest absolute Gasteiger partial charge is 0.424 e. The molecular formula is C8H18N2O2. The number of amides is 1. The molecule has 0 radical (unpaired) electrons. The number of ether oxygens (including phenoxy) is 1. The molecule has 0 bridgehead atoms. The minimum Gasteiger partial charge on any atom is -0.449 e. The Bertz CT molecular complexity index is 137. The van der Waals surface area contributed by atoms with Crippen molar-refractivity contribution < 1.29 is 9.53 Å². The lowest BCUT2D eigenvalue weighted by Crippen LogP contribution is -2.42. The van der Waals surface area contributed by atoms with Crippen LogP contribution >= 0.6 is 0 Å². The Labute approximate surface area is 74.1 Å². The van der Waals surface area contributed by atoms with Crippen molar-refractivity contribution in [1.82, 2.24) is 10.0 Å². The van der Waals surface area contributed by atoms with Crippen molar-refractivity contribution in [1.29, 1.82) is 0 Å². The molecule has 0 aromatic carbocycles. The number of hydrogen-bond acceptors (Lipinski definition) is 3. The van der Waals surface area contributed by atoms with E-state index in [0.29, 0.717) is 13.2 Å². The Morgan fingerprint density at radius 2 is 1.92 bits per heavy atom. The zero-order valence-electron chi connectivity index (χ0n) is 8.33. The molecule has 0 saturated carbocycles. The molecule has 12 heavy (non-hydrogen) atoms. The number of carbonyl (C=O) groups is 1. The van der Waals surface area contributed by atoms with Gasteiger partial charge in [0.05, 0.1) is 6.61 Å². The quantitative estimate of drug-likeness (QED) is 0.603. The van der Waals surface area contributed by atoms with E-state index in [1.807, 2.05) is 21.0 Å². The molecule has 4 heteroatoms. The lowest BCUT2D eigenvalue weighted by Gasteiger charge is -2.27. The minimum absolute atomic E-state index is 0.274. The highest BCUT2D eigenvalue weighted by Crippen LogP contribution is 1.97. The van der Waals surface area contributed by atoms with E-state index in [4.69, 9.17) is 4.74 Å². The highest BCUT2D eigenvalue weighted by Gasteiger charge is 2.14. The van der Waals surface area contributed by atoms with Crippen molar-refractivity contribution in [2.24, 2.45) is 0 Å². The van der Waals surface area contributed by atoms with E-state index in [1.165, 1.54) is 0 Å². The normalized spacial score (nSPS) is 10.1. The van der Waals surface area contributed by atoms with E-state index < -0.39 is 0 Å². The van der Waals surface area contributed by atoms with Gasteiger partial charge in [0.15, 0.2) is 0 Å². The predicted octanol–water partition coefficient (Wildman–Crippen LogP) is 1.33. The molecule has 72 valence electrons. The van der Waals surface area contributed by atoms with Gasteiger partial charge in [0.2, 0.25) is 0 Å². The summed E-state index contributed by atoms with van der Waals surface area (Å²) in [5.41, 5.74) is 0. The zero-order valence-corrected chi connectivity index (χ0v) is 8.33. The Balaban J connectivity index is 4.00. The maximum atomic E-state index is 11.2. The molecule has 0 atom stereocenters. The highest BCUT2D eigenvalue weighted by atomic mass is 16.6. The van der Waals surface area contributed by atoms with Gasteiger partial charge in [-0.25, -0.2) is 14.8 Å². The summed E-state index contributed by atoms with van der Waals surface area (Å²) in [6.07, 6.45) is 0.654. The SMILES string of the molecule is CCCN(C(=O)OCC)N(C)C. The van der Waals surface area contributed by atoms with Crippen molar-refractivity contribution in [3.63, 3.8) is 0 Å². The molecule has 0 N–H and O–H groups in total. The van der Waals surface area contributed by atoms with Gasteiger partial charge in [-0.15, -0.1) is 0 Å². The van der Waals surface area contributed by atoms with Crippen molar-refractivity contribution >= 4 is 6.09 Å². The van der Waals surface area contributed by atoms with Crippen LogP contribution in [-0.4, -0.2) is 43.4 Å². The van der Waals surface area contributed by atoms with Crippen LogP contribution in [0.1, 0.15) is 20.3 Å². The van der Waals surface area contributed by atoms with Crippen LogP contribution in [0, 0.1) is 0 Å². The molecular weight excluding hydrogens is 156 g/mol. The van der Waals surface area contributed by atoms with Crippen molar-refractivity contribution in [2.75, 3.05) is 27.2 Å². The molecule has 0 aromatic heterocycles. The number of nitrogens with zero attached hydrogens (tertiary/aromatic N) is 2. The second-order valence-corrected chi connectivity index (χ2v) is 2.67. The monoisotopic (exact) mass is 174 g/mol. The van der Waals surface area contributed by atoms with Crippen molar-refractivity contribution in [3.8, 4) is 0 Å². The van der Waals surface area contributed by atoms with Crippen LogP contribution in [0.2, 0.25) is 0 Å². The summed E-state index contributed by atoms with van der Waals surface area (Å²) in [6, 6.07) is 0. The number of rotatable bonds is 4.